The Hall–Kier alpha value is -1.77. The van der Waals surface area contributed by atoms with Crippen LogP contribution in [0.25, 0.3) is 0 Å². The van der Waals surface area contributed by atoms with E-state index in [2.05, 4.69) is 4.98 Å². The molecule has 0 saturated carbocycles. The molecule has 0 aliphatic carbocycles. The number of rotatable bonds is 4. The fraction of sp³-hybridized carbons (Fsp3) is 0.455. The number of hydrogen-bond donors (Lipinski definition) is 0. The molecule has 0 amide bonds. The molecule has 0 spiro atoms. The molecule has 6 heteroatoms. The lowest BCUT2D eigenvalue weighted by molar-refractivity contribution is -0.119. The van der Waals surface area contributed by atoms with Crippen molar-refractivity contribution in [3.05, 3.63) is 24.0 Å². The van der Waals surface area contributed by atoms with Gasteiger partial charge in [0, 0.05) is 18.4 Å². The fourth-order valence-corrected chi connectivity index (χ4v) is 1.46. The first-order valence-electron chi connectivity index (χ1n) is 5.14. The third kappa shape index (κ3) is 4.31. The van der Waals surface area contributed by atoms with Gasteiger partial charge in [0.1, 0.15) is 18.3 Å². The highest BCUT2D eigenvalue weighted by Crippen LogP contribution is 2.22. The van der Waals surface area contributed by atoms with Gasteiger partial charge in [0.15, 0.2) is 0 Å². The number of alkyl halides is 3. The summed E-state index contributed by atoms with van der Waals surface area (Å²) in [6, 6.07) is 4.65. The number of anilines is 1. The summed E-state index contributed by atoms with van der Waals surface area (Å²) >= 11 is 0. The van der Waals surface area contributed by atoms with Gasteiger partial charge in [-0.2, -0.15) is 18.4 Å². The summed E-state index contributed by atoms with van der Waals surface area (Å²) in [4.78, 5) is 4.92. The van der Waals surface area contributed by atoms with Crippen LogP contribution in [-0.2, 0) is 0 Å². The first-order valence-corrected chi connectivity index (χ1v) is 5.14. The molecule has 17 heavy (non-hydrogen) atoms. The lowest BCUT2D eigenvalue weighted by Gasteiger charge is -2.25. The van der Waals surface area contributed by atoms with Crippen molar-refractivity contribution in [2.45, 2.75) is 19.5 Å². The second kappa shape index (κ2) is 5.53. The molecule has 0 fully saturated rings. The average molecular weight is 243 g/mol. The molecule has 0 N–H and O–H groups in total. The van der Waals surface area contributed by atoms with E-state index in [1.807, 2.05) is 6.07 Å². The van der Waals surface area contributed by atoms with E-state index < -0.39 is 12.7 Å². The fourth-order valence-electron chi connectivity index (χ4n) is 1.46. The Bertz CT molecular complexity index is 409. The van der Waals surface area contributed by atoms with Crippen LogP contribution >= 0.6 is 0 Å². The molecule has 0 bridgehead atoms. The molecule has 0 saturated heterocycles. The quantitative estimate of drug-likeness (QED) is 0.816. The zero-order valence-corrected chi connectivity index (χ0v) is 9.33. The number of nitrogens with zero attached hydrogens (tertiary/aromatic N) is 3. The number of hydrogen-bond acceptors (Lipinski definition) is 3. The molecule has 3 nitrogen and oxygen atoms in total. The first kappa shape index (κ1) is 13.3. The molecule has 92 valence electrons. The highest BCUT2D eigenvalue weighted by Gasteiger charge is 2.30. The Labute approximate surface area is 97.5 Å². The molecule has 0 unspecified atom stereocenters. The van der Waals surface area contributed by atoms with E-state index in [9.17, 15) is 13.2 Å². The molecule has 0 radical (unpaired) electrons. The Morgan fingerprint density at radius 2 is 2.18 bits per heavy atom. The van der Waals surface area contributed by atoms with Crippen LogP contribution in [0.2, 0.25) is 0 Å². The van der Waals surface area contributed by atoms with Crippen molar-refractivity contribution in [1.29, 1.82) is 5.26 Å². The molecule has 0 aliphatic rings. The number of aromatic nitrogens is 1. The molecule has 0 aromatic carbocycles. The van der Waals surface area contributed by atoms with Crippen LogP contribution in [0.15, 0.2) is 18.3 Å². The SMILES string of the molecule is CCCN(CC(F)(F)F)c1ccnc(C#N)c1. The smallest absolute Gasteiger partial charge is 0.362 e. The van der Waals surface area contributed by atoms with Gasteiger partial charge in [-0.1, -0.05) is 6.92 Å². The summed E-state index contributed by atoms with van der Waals surface area (Å²) in [7, 11) is 0. The zero-order valence-electron chi connectivity index (χ0n) is 9.33. The van der Waals surface area contributed by atoms with Crippen molar-refractivity contribution in [3.63, 3.8) is 0 Å². The van der Waals surface area contributed by atoms with Gasteiger partial charge in [-0.15, -0.1) is 0 Å². The minimum Gasteiger partial charge on any atom is -0.362 e. The Balaban J connectivity index is 2.93. The topological polar surface area (TPSA) is 39.9 Å². The predicted molar refractivity (Wildman–Crippen MR) is 57.5 cm³/mol. The third-order valence-corrected chi connectivity index (χ3v) is 2.09. The maximum absolute atomic E-state index is 12.4. The van der Waals surface area contributed by atoms with Crippen LogP contribution in [0.1, 0.15) is 19.0 Å². The van der Waals surface area contributed by atoms with E-state index >= 15 is 0 Å². The first-order chi connectivity index (χ1) is 7.96. The normalized spacial score (nSPS) is 11.0. The molecular formula is C11H12F3N3. The highest BCUT2D eigenvalue weighted by molar-refractivity contribution is 5.48. The molecule has 1 rings (SSSR count). The van der Waals surface area contributed by atoms with E-state index in [1.54, 1.807) is 6.92 Å². The van der Waals surface area contributed by atoms with Gasteiger partial charge < -0.3 is 4.90 Å². The molecule has 1 aromatic heterocycles. The lowest BCUT2D eigenvalue weighted by Crippen LogP contribution is -2.34. The van der Waals surface area contributed by atoms with Crippen molar-refractivity contribution in [2.75, 3.05) is 18.0 Å². The van der Waals surface area contributed by atoms with E-state index in [1.165, 1.54) is 23.2 Å². The van der Waals surface area contributed by atoms with E-state index in [0.717, 1.165) is 0 Å². The van der Waals surface area contributed by atoms with Gasteiger partial charge in [-0.3, -0.25) is 0 Å². The van der Waals surface area contributed by atoms with Crippen LogP contribution in [-0.4, -0.2) is 24.2 Å². The number of halogens is 3. The molecular weight excluding hydrogens is 231 g/mol. The second-order valence-corrected chi connectivity index (χ2v) is 3.55. The summed E-state index contributed by atoms with van der Waals surface area (Å²) in [5.41, 5.74) is 0.488. The predicted octanol–water partition coefficient (Wildman–Crippen LogP) is 2.73. The van der Waals surface area contributed by atoms with Crippen LogP contribution in [0, 0.1) is 11.3 Å². The molecule has 1 aromatic rings. The summed E-state index contributed by atoms with van der Waals surface area (Å²) in [5.74, 6) is 0. The summed E-state index contributed by atoms with van der Waals surface area (Å²) in [6.45, 7) is 1.07. The third-order valence-electron chi connectivity index (χ3n) is 2.09. The van der Waals surface area contributed by atoms with Crippen molar-refractivity contribution >= 4 is 5.69 Å². The van der Waals surface area contributed by atoms with Crippen LogP contribution in [0.4, 0.5) is 18.9 Å². The standard InChI is InChI=1S/C11H12F3N3/c1-2-5-17(8-11(12,13)14)10-3-4-16-9(6-10)7-15/h3-4,6H,2,5,8H2,1H3. The van der Waals surface area contributed by atoms with Crippen LogP contribution < -0.4 is 4.90 Å². The summed E-state index contributed by atoms with van der Waals surface area (Å²) < 4.78 is 37.1. The highest BCUT2D eigenvalue weighted by atomic mass is 19.4. The monoisotopic (exact) mass is 243 g/mol. The molecule has 1 heterocycles. The van der Waals surface area contributed by atoms with Crippen molar-refractivity contribution in [1.82, 2.24) is 4.98 Å². The van der Waals surface area contributed by atoms with Gasteiger partial charge >= 0.3 is 6.18 Å². The van der Waals surface area contributed by atoms with Crippen molar-refractivity contribution in [2.24, 2.45) is 0 Å². The number of pyridine rings is 1. The van der Waals surface area contributed by atoms with Crippen LogP contribution in [0.3, 0.4) is 0 Å². The minimum absolute atomic E-state index is 0.116. The van der Waals surface area contributed by atoms with E-state index in [0.29, 0.717) is 12.1 Å². The maximum Gasteiger partial charge on any atom is 0.405 e. The molecule has 0 aliphatic heterocycles. The van der Waals surface area contributed by atoms with Gasteiger partial charge in [0.25, 0.3) is 0 Å². The summed E-state index contributed by atoms with van der Waals surface area (Å²) in [6.07, 6.45) is -2.32. The van der Waals surface area contributed by atoms with Crippen molar-refractivity contribution in [3.8, 4) is 6.07 Å². The van der Waals surface area contributed by atoms with Gasteiger partial charge in [-0.05, 0) is 18.6 Å². The van der Waals surface area contributed by atoms with Gasteiger partial charge in [0.05, 0.1) is 0 Å². The zero-order chi connectivity index (χ0) is 12.9. The summed E-state index contributed by atoms with van der Waals surface area (Å²) in [5, 5.41) is 8.65. The van der Waals surface area contributed by atoms with E-state index in [-0.39, 0.29) is 12.2 Å². The Kier molecular flexibility index (Phi) is 4.32. The Morgan fingerprint density at radius 1 is 1.47 bits per heavy atom. The van der Waals surface area contributed by atoms with Crippen molar-refractivity contribution < 1.29 is 13.2 Å². The Morgan fingerprint density at radius 3 is 2.71 bits per heavy atom. The van der Waals surface area contributed by atoms with Gasteiger partial charge in [-0.25, -0.2) is 4.98 Å². The number of nitriles is 1. The second-order valence-electron chi connectivity index (χ2n) is 3.55. The minimum atomic E-state index is -4.26. The average Bonchev–Trinajstić information content (AvgIpc) is 2.27. The molecule has 0 atom stereocenters. The maximum atomic E-state index is 12.4. The largest absolute Gasteiger partial charge is 0.405 e. The van der Waals surface area contributed by atoms with Gasteiger partial charge in [0.2, 0.25) is 0 Å². The van der Waals surface area contributed by atoms with Crippen LogP contribution in [0.5, 0.6) is 0 Å². The van der Waals surface area contributed by atoms with E-state index in [4.69, 9.17) is 5.26 Å². The lowest BCUT2D eigenvalue weighted by atomic mass is 10.2.